The lowest BCUT2D eigenvalue weighted by Gasteiger charge is -2.09. The van der Waals surface area contributed by atoms with Gasteiger partial charge in [-0.1, -0.05) is 30.3 Å². The Labute approximate surface area is 87.0 Å². The van der Waals surface area contributed by atoms with Crippen LogP contribution in [0.1, 0.15) is 10.4 Å². The number of carboxylic acids is 1. The number of hydrogen-bond donors (Lipinski definition) is 0. The minimum Gasteiger partial charge on any atom is -0.545 e. The van der Waals surface area contributed by atoms with Crippen LogP contribution in [-0.2, 0) is 0 Å². The lowest BCUT2D eigenvalue weighted by molar-refractivity contribution is -0.255. The zero-order valence-corrected chi connectivity index (χ0v) is 7.88. The summed E-state index contributed by atoms with van der Waals surface area (Å²) < 4.78 is 0. The molecule has 0 fully saturated rings. The summed E-state index contributed by atoms with van der Waals surface area (Å²) >= 11 is 0. The Bertz CT molecular complexity index is 480. The van der Waals surface area contributed by atoms with Crippen molar-refractivity contribution >= 4 is 5.97 Å². The van der Waals surface area contributed by atoms with Gasteiger partial charge in [0.15, 0.2) is 0 Å². The SMILES string of the molecule is O=C([O-])c1cnccc1-c1ccccc1. The van der Waals surface area contributed by atoms with Crippen molar-refractivity contribution in [1.29, 1.82) is 0 Å². The van der Waals surface area contributed by atoms with E-state index < -0.39 is 5.97 Å². The van der Waals surface area contributed by atoms with Crippen molar-refractivity contribution in [3.05, 3.63) is 54.4 Å². The number of benzene rings is 1. The monoisotopic (exact) mass is 198 g/mol. The molecule has 0 spiro atoms. The Kier molecular flexibility index (Phi) is 2.46. The van der Waals surface area contributed by atoms with Crippen LogP contribution in [0, 0.1) is 0 Å². The molecule has 0 unspecified atom stereocenters. The highest BCUT2D eigenvalue weighted by atomic mass is 16.4. The molecule has 0 aliphatic rings. The average Bonchev–Trinajstić information content (AvgIpc) is 2.30. The van der Waals surface area contributed by atoms with Gasteiger partial charge in [0.05, 0.1) is 5.97 Å². The van der Waals surface area contributed by atoms with Crippen molar-refractivity contribution in [2.45, 2.75) is 0 Å². The fraction of sp³-hybridized carbons (Fsp3) is 0. The Hall–Kier alpha value is -2.16. The third kappa shape index (κ3) is 1.86. The molecule has 3 heteroatoms. The van der Waals surface area contributed by atoms with Gasteiger partial charge < -0.3 is 9.90 Å². The predicted molar refractivity (Wildman–Crippen MR) is 54.0 cm³/mol. The number of rotatable bonds is 2. The van der Waals surface area contributed by atoms with E-state index >= 15 is 0 Å². The molecule has 15 heavy (non-hydrogen) atoms. The van der Waals surface area contributed by atoms with E-state index in [0.717, 1.165) is 5.56 Å². The number of aromatic nitrogens is 1. The second-order valence-corrected chi connectivity index (χ2v) is 3.07. The van der Waals surface area contributed by atoms with E-state index in [1.54, 1.807) is 12.3 Å². The summed E-state index contributed by atoms with van der Waals surface area (Å²) in [5.41, 5.74) is 1.59. The summed E-state index contributed by atoms with van der Waals surface area (Å²) in [6.45, 7) is 0. The Balaban J connectivity index is 2.58. The highest BCUT2D eigenvalue weighted by Crippen LogP contribution is 2.21. The van der Waals surface area contributed by atoms with Gasteiger partial charge in [0, 0.05) is 18.0 Å². The number of aromatic carboxylic acids is 1. The molecule has 1 heterocycles. The normalized spacial score (nSPS) is 9.87. The molecule has 74 valence electrons. The van der Waals surface area contributed by atoms with Crippen LogP contribution in [0.2, 0.25) is 0 Å². The van der Waals surface area contributed by atoms with Gasteiger partial charge in [0.1, 0.15) is 0 Å². The third-order valence-electron chi connectivity index (χ3n) is 2.13. The topological polar surface area (TPSA) is 53.0 Å². The molecule has 0 radical (unpaired) electrons. The fourth-order valence-corrected chi connectivity index (χ4v) is 1.43. The van der Waals surface area contributed by atoms with Crippen LogP contribution >= 0.6 is 0 Å². The number of nitrogens with zero attached hydrogens (tertiary/aromatic N) is 1. The van der Waals surface area contributed by atoms with Gasteiger partial charge in [0.25, 0.3) is 0 Å². The van der Waals surface area contributed by atoms with Gasteiger partial charge >= 0.3 is 0 Å². The van der Waals surface area contributed by atoms with Crippen LogP contribution in [0.4, 0.5) is 0 Å². The molecule has 0 aliphatic heterocycles. The molecule has 2 rings (SSSR count). The minimum atomic E-state index is -1.21. The molecular formula is C12H8NO2-. The molecule has 0 aliphatic carbocycles. The van der Waals surface area contributed by atoms with Gasteiger partial charge in [0.2, 0.25) is 0 Å². The maximum Gasteiger partial charge on any atom is 0.0737 e. The Morgan fingerprint density at radius 2 is 1.87 bits per heavy atom. The van der Waals surface area contributed by atoms with Crippen molar-refractivity contribution in [2.75, 3.05) is 0 Å². The smallest absolute Gasteiger partial charge is 0.0737 e. The molecule has 0 amide bonds. The van der Waals surface area contributed by atoms with Gasteiger partial charge in [-0.05, 0) is 17.2 Å². The summed E-state index contributed by atoms with van der Waals surface area (Å²) in [5.74, 6) is -1.21. The first-order valence-electron chi connectivity index (χ1n) is 4.50. The van der Waals surface area contributed by atoms with E-state index in [1.807, 2.05) is 30.3 Å². The van der Waals surface area contributed by atoms with Crippen LogP contribution in [0.3, 0.4) is 0 Å². The number of hydrogen-bond acceptors (Lipinski definition) is 3. The van der Waals surface area contributed by atoms with E-state index in [2.05, 4.69) is 4.98 Å². The van der Waals surface area contributed by atoms with Crippen molar-refractivity contribution in [2.24, 2.45) is 0 Å². The largest absolute Gasteiger partial charge is 0.545 e. The number of carboxylic acid groups (broad SMARTS) is 1. The highest BCUT2D eigenvalue weighted by Gasteiger charge is 2.04. The summed E-state index contributed by atoms with van der Waals surface area (Å²) in [6.07, 6.45) is 2.87. The molecule has 1 aromatic carbocycles. The van der Waals surface area contributed by atoms with Crippen molar-refractivity contribution in [1.82, 2.24) is 4.98 Å². The molecule has 0 saturated carbocycles. The summed E-state index contributed by atoms with van der Waals surface area (Å²) in [7, 11) is 0. The van der Waals surface area contributed by atoms with Crippen LogP contribution < -0.4 is 5.11 Å². The van der Waals surface area contributed by atoms with Crippen LogP contribution in [0.5, 0.6) is 0 Å². The third-order valence-corrected chi connectivity index (χ3v) is 2.13. The van der Waals surface area contributed by atoms with Crippen LogP contribution in [-0.4, -0.2) is 11.0 Å². The maximum atomic E-state index is 10.8. The lowest BCUT2D eigenvalue weighted by atomic mass is 10.0. The van der Waals surface area contributed by atoms with Gasteiger partial charge in [-0.2, -0.15) is 0 Å². The maximum absolute atomic E-state index is 10.8. The van der Waals surface area contributed by atoms with E-state index in [4.69, 9.17) is 0 Å². The minimum absolute atomic E-state index is 0.115. The Morgan fingerprint density at radius 1 is 1.13 bits per heavy atom. The number of carbonyl (C=O) groups excluding carboxylic acids is 1. The molecule has 2 aromatic rings. The van der Waals surface area contributed by atoms with Crippen molar-refractivity contribution in [3.8, 4) is 11.1 Å². The molecule has 0 bridgehead atoms. The van der Waals surface area contributed by atoms with Crippen LogP contribution in [0.15, 0.2) is 48.8 Å². The first-order chi connectivity index (χ1) is 7.29. The summed E-state index contributed by atoms with van der Waals surface area (Å²) in [6, 6.07) is 11.0. The highest BCUT2D eigenvalue weighted by molar-refractivity contribution is 5.94. The molecule has 1 aromatic heterocycles. The van der Waals surface area contributed by atoms with E-state index in [-0.39, 0.29) is 5.56 Å². The quantitative estimate of drug-likeness (QED) is 0.726. The van der Waals surface area contributed by atoms with E-state index in [0.29, 0.717) is 5.56 Å². The first-order valence-corrected chi connectivity index (χ1v) is 4.50. The first kappa shape index (κ1) is 9.40. The van der Waals surface area contributed by atoms with Gasteiger partial charge in [-0.3, -0.25) is 4.98 Å². The van der Waals surface area contributed by atoms with Gasteiger partial charge in [-0.25, -0.2) is 0 Å². The van der Waals surface area contributed by atoms with Gasteiger partial charge in [-0.15, -0.1) is 0 Å². The summed E-state index contributed by atoms with van der Waals surface area (Å²) in [5, 5.41) is 10.8. The standard InChI is InChI=1S/C12H9NO2/c14-12(15)11-8-13-7-6-10(11)9-4-2-1-3-5-9/h1-8H,(H,14,15)/p-1. The molecule has 0 saturated heterocycles. The van der Waals surface area contributed by atoms with E-state index in [9.17, 15) is 9.90 Å². The Morgan fingerprint density at radius 3 is 2.53 bits per heavy atom. The summed E-state index contributed by atoms with van der Waals surface area (Å²) in [4.78, 5) is 14.6. The van der Waals surface area contributed by atoms with Crippen molar-refractivity contribution < 1.29 is 9.90 Å². The molecule has 3 nitrogen and oxygen atoms in total. The number of pyridine rings is 1. The molecule has 0 atom stereocenters. The lowest BCUT2D eigenvalue weighted by Crippen LogP contribution is -2.23. The van der Waals surface area contributed by atoms with Crippen LogP contribution in [0.25, 0.3) is 11.1 Å². The second-order valence-electron chi connectivity index (χ2n) is 3.07. The zero-order valence-electron chi connectivity index (χ0n) is 7.88. The zero-order chi connectivity index (χ0) is 10.7. The van der Waals surface area contributed by atoms with Crippen molar-refractivity contribution in [3.63, 3.8) is 0 Å². The molecule has 0 N–H and O–H groups in total. The fourth-order valence-electron chi connectivity index (χ4n) is 1.43. The number of carbonyl (C=O) groups is 1. The second kappa shape index (κ2) is 3.92. The van der Waals surface area contributed by atoms with E-state index in [1.165, 1.54) is 6.20 Å². The molecular weight excluding hydrogens is 190 g/mol. The average molecular weight is 198 g/mol. The predicted octanol–water partition coefficient (Wildman–Crippen LogP) is 1.11.